The van der Waals surface area contributed by atoms with Crippen molar-refractivity contribution in [1.82, 2.24) is 10.3 Å². The summed E-state index contributed by atoms with van der Waals surface area (Å²) in [6.07, 6.45) is 1.78. The fourth-order valence-electron chi connectivity index (χ4n) is 2.04. The Bertz CT molecular complexity index is 620. The SMILES string of the molecule is Cc1nc(CCNC(=O)c2ccc(OCCC(C)C)cc2)cs1. The first kappa shape index (κ1) is 17.5. The van der Waals surface area contributed by atoms with Gasteiger partial charge in [-0.3, -0.25) is 4.79 Å². The first-order valence-electron chi connectivity index (χ1n) is 7.96. The number of ether oxygens (including phenoxy) is 1. The summed E-state index contributed by atoms with van der Waals surface area (Å²) in [5.74, 6) is 1.37. The molecule has 5 heteroatoms. The molecule has 2 rings (SSSR count). The number of benzene rings is 1. The molecule has 0 atom stereocenters. The highest BCUT2D eigenvalue weighted by molar-refractivity contribution is 7.09. The largest absolute Gasteiger partial charge is 0.494 e. The fraction of sp³-hybridized carbons (Fsp3) is 0.444. The van der Waals surface area contributed by atoms with Crippen molar-refractivity contribution in [1.29, 1.82) is 0 Å². The standard InChI is InChI=1S/C18H24N2O2S/c1-13(2)9-11-22-17-6-4-15(5-7-17)18(21)19-10-8-16-12-23-14(3)20-16/h4-7,12-13H,8-11H2,1-3H3,(H,19,21). The topological polar surface area (TPSA) is 51.2 Å². The number of carbonyl (C=O) groups excluding carboxylic acids is 1. The monoisotopic (exact) mass is 332 g/mol. The molecule has 2 aromatic rings. The van der Waals surface area contributed by atoms with Crippen LogP contribution in [0, 0.1) is 12.8 Å². The van der Waals surface area contributed by atoms with Gasteiger partial charge in [0.2, 0.25) is 0 Å². The summed E-state index contributed by atoms with van der Waals surface area (Å²) in [4.78, 5) is 16.5. The van der Waals surface area contributed by atoms with Gasteiger partial charge in [0.25, 0.3) is 5.91 Å². The molecule has 0 saturated heterocycles. The van der Waals surface area contributed by atoms with Crippen molar-refractivity contribution < 1.29 is 9.53 Å². The molecule has 0 spiro atoms. The number of hydrogen-bond acceptors (Lipinski definition) is 4. The van der Waals surface area contributed by atoms with Crippen LogP contribution >= 0.6 is 11.3 Å². The molecular weight excluding hydrogens is 308 g/mol. The van der Waals surface area contributed by atoms with Crippen molar-refractivity contribution >= 4 is 17.2 Å². The number of thiazole rings is 1. The minimum absolute atomic E-state index is 0.0642. The Morgan fingerprint density at radius 3 is 2.65 bits per heavy atom. The average molecular weight is 332 g/mol. The Labute approximate surface area is 141 Å². The number of nitrogens with one attached hydrogen (secondary N) is 1. The van der Waals surface area contributed by atoms with E-state index in [1.54, 1.807) is 23.5 Å². The molecule has 124 valence electrons. The molecule has 1 aromatic heterocycles. The average Bonchev–Trinajstić information content (AvgIpc) is 2.93. The number of aromatic nitrogens is 1. The molecule has 1 heterocycles. The predicted octanol–water partition coefficient (Wildman–Crippen LogP) is 3.85. The van der Waals surface area contributed by atoms with E-state index in [9.17, 15) is 4.79 Å². The van der Waals surface area contributed by atoms with Gasteiger partial charge in [-0.15, -0.1) is 11.3 Å². The van der Waals surface area contributed by atoms with Gasteiger partial charge in [0.05, 0.1) is 17.3 Å². The van der Waals surface area contributed by atoms with Crippen molar-refractivity contribution in [3.63, 3.8) is 0 Å². The summed E-state index contributed by atoms with van der Waals surface area (Å²) in [6.45, 7) is 7.62. The number of amides is 1. The van der Waals surface area contributed by atoms with Crippen LogP contribution in [-0.2, 0) is 6.42 Å². The molecule has 1 amide bonds. The number of carbonyl (C=O) groups is 1. The van der Waals surface area contributed by atoms with Gasteiger partial charge in [-0.05, 0) is 43.5 Å². The normalized spacial score (nSPS) is 10.8. The van der Waals surface area contributed by atoms with Crippen LogP contribution in [0.15, 0.2) is 29.6 Å². The van der Waals surface area contributed by atoms with E-state index < -0.39 is 0 Å². The maximum atomic E-state index is 12.1. The smallest absolute Gasteiger partial charge is 0.251 e. The fourth-order valence-corrected chi connectivity index (χ4v) is 2.69. The molecule has 0 aliphatic heterocycles. The van der Waals surface area contributed by atoms with Gasteiger partial charge in [0.15, 0.2) is 0 Å². The molecule has 0 radical (unpaired) electrons. The molecule has 0 aliphatic carbocycles. The van der Waals surface area contributed by atoms with Gasteiger partial charge in [-0.2, -0.15) is 0 Å². The lowest BCUT2D eigenvalue weighted by Crippen LogP contribution is -2.25. The van der Waals surface area contributed by atoms with E-state index in [1.807, 2.05) is 24.4 Å². The summed E-state index contributed by atoms with van der Waals surface area (Å²) in [5.41, 5.74) is 1.68. The zero-order valence-corrected chi connectivity index (χ0v) is 14.8. The minimum atomic E-state index is -0.0642. The second-order valence-electron chi connectivity index (χ2n) is 5.92. The van der Waals surface area contributed by atoms with E-state index in [0.717, 1.165) is 29.3 Å². The lowest BCUT2D eigenvalue weighted by atomic mass is 10.1. The van der Waals surface area contributed by atoms with Crippen LogP contribution < -0.4 is 10.1 Å². The molecule has 0 saturated carbocycles. The van der Waals surface area contributed by atoms with Gasteiger partial charge in [0, 0.05) is 23.9 Å². The first-order chi connectivity index (χ1) is 11.0. The highest BCUT2D eigenvalue weighted by atomic mass is 32.1. The highest BCUT2D eigenvalue weighted by Gasteiger charge is 2.06. The van der Waals surface area contributed by atoms with E-state index in [1.165, 1.54) is 0 Å². The van der Waals surface area contributed by atoms with Crippen molar-refractivity contribution in [2.75, 3.05) is 13.2 Å². The molecule has 1 aromatic carbocycles. The highest BCUT2D eigenvalue weighted by Crippen LogP contribution is 2.13. The number of aryl methyl sites for hydroxylation is 1. The van der Waals surface area contributed by atoms with E-state index >= 15 is 0 Å². The lowest BCUT2D eigenvalue weighted by Gasteiger charge is -2.09. The van der Waals surface area contributed by atoms with Crippen molar-refractivity contribution in [2.24, 2.45) is 5.92 Å². The van der Waals surface area contributed by atoms with E-state index in [4.69, 9.17) is 4.74 Å². The molecule has 0 bridgehead atoms. The molecule has 4 nitrogen and oxygen atoms in total. The van der Waals surface area contributed by atoms with Crippen LogP contribution in [0.4, 0.5) is 0 Å². The van der Waals surface area contributed by atoms with Crippen molar-refractivity contribution in [3.8, 4) is 5.75 Å². The van der Waals surface area contributed by atoms with Crippen LogP contribution in [0.25, 0.3) is 0 Å². The molecule has 0 aliphatic rings. The van der Waals surface area contributed by atoms with Crippen LogP contribution in [0.5, 0.6) is 5.75 Å². The zero-order chi connectivity index (χ0) is 16.7. The quantitative estimate of drug-likeness (QED) is 0.799. The van der Waals surface area contributed by atoms with Gasteiger partial charge in [0.1, 0.15) is 5.75 Å². The van der Waals surface area contributed by atoms with E-state index in [-0.39, 0.29) is 5.91 Å². The maximum absolute atomic E-state index is 12.1. The molecular formula is C18H24N2O2S. The predicted molar refractivity (Wildman–Crippen MR) is 94.3 cm³/mol. The first-order valence-corrected chi connectivity index (χ1v) is 8.84. The third-order valence-corrected chi connectivity index (χ3v) is 4.24. The summed E-state index contributed by atoms with van der Waals surface area (Å²) >= 11 is 1.63. The number of hydrogen-bond donors (Lipinski definition) is 1. The molecule has 0 unspecified atom stereocenters. The Morgan fingerprint density at radius 1 is 1.30 bits per heavy atom. The zero-order valence-electron chi connectivity index (χ0n) is 14.0. The second-order valence-corrected chi connectivity index (χ2v) is 6.98. The van der Waals surface area contributed by atoms with Gasteiger partial charge >= 0.3 is 0 Å². The second kappa shape index (κ2) is 8.67. The van der Waals surface area contributed by atoms with E-state index in [2.05, 4.69) is 24.1 Å². The van der Waals surface area contributed by atoms with Crippen LogP contribution in [0.1, 0.15) is 41.3 Å². The Kier molecular flexibility index (Phi) is 6.59. The molecule has 1 N–H and O–H groups in total. The molecule has 23 heavy (non-hydrogen) atoms. The van der Waals surface area contributed by atoms with Crippen molar-refractivity contribution in [3.05, 3.63) is 45.9 Å². The maximum Gasteiger partial charge on any atom is 0.251 e. The van der Waals surface area contributed by atoms with Crippen LogP contribution in [0.3, 0.4) is 0 Å². The minimum Gasteiger partial charge on any atom is -0.494 e. The Morgan fingerprint density at radius 2 is 2.04 bits per heavy atom. The summed E-state index contributed by atoms with van der Waals surface area (Å²) < 4.78 is 5.65. The van der Waals surface area contributed by atoms with E-state index in [0.29, 0.717) is 24.6 Å². The third kappa shape index (κ3) is 6.02. The van der Waals surface area contributed by atoms with Crippen molar-refractivity contribution in [2.45, 2.75) is 33.6 Å². The third-order valence-electron chi connectivity index (χ3n) is 3.41. The molecule has 0 fully saturated rings. The number of nitrogens with zero attached hydrogens (tertiary/aromatic N) is 1. The lowest BCUT2D eigenvalue weighted by molar-refractivity contribution is 0.0954. The number of rotatable bonds is 8. The van der Waals surface area contributed by atoms with Crippen LogP contribution in [-0.4, -0.2) is 24.0 Å². The summed E-state index contributed by atoms with van der Waals surface area (Å²) in [6, 6.07) is 7.29. The van der Waals surface area contributed by atoms with Crippen LogP contribution in [0.2, 0.25) is 0 Å². The Balaban J connectivity index is 1.76. The Hall–Kier alpha value is -1.88. The summed E-state index contributed by atoms with van der Waals surface area (Å²) in [7, 11) is 0. The van der Waals surface area contributed by atoms with Gasteiger partial charge < -0.3 is 10.1 Å². The summed E-state index contributed by atoms with van der Waals surface area (Å²) in [5, 5.41) is 6.01. The van der Waals surface area contributed by atoms with Gasteiger partial charge in [-0.1, -0.05) is 13.8 Å². The van der Waals surface area contributed by atoms with Gasteiger partial charge in [-0.25, -0.2) is 4.98 Å².